The van der Waals surface area contributed by atoms with Crippen LogP contribution in [0.15, 0.2) is 4.99 Å². The van der Waals surface area contributed by atoms with E-state index in [-0.39, 0.29) is 12.2 Å². The van der Waals surface area contributed by atoms with Crippen molar-refractivity contribution in [2.24, 2.45) is 10.9 Å². The maximum Gasteiger partial charge on any atom is 0.354 e. The standard InChI is InChI=1S/C8H13NO2/c1-5(2)4-7-8(10)11-6(3)9-7/h5-6H,4H2,1-3H3. The van der Waals surface area contributed by atoms with Gasteiger partial charge in [-0.15, -0.1) is 0 Å². The molecule has 1 unspecified atom stereocenters. The van der Waals surface area contributed by atoms with Gasteiger partial charge in [0.1, 0.15) is 5.71 Å². The van der Waals surface area contributed by atoms with Crippen LogP contribution in [0.4, 0.5) is 0 Å². The van der Waals surface area contributed by atoms with Crippen LogP contribution in [0.1, 0.15) is 27.2 Å². The Morgan fingerprint density at radius 3 is 2.64 bits per heavy atom. The van der Waals surface area contributed by atoms with Crippen LogP contribution in [-0.2, 0) is 9.53 Å². The predicted molar refractivity (Wildman–Crippen MR) is 42.4 cm³/mol. The van der Waals surface area contributed by atoms with Crippen molar-refractivity contribution in [1.29, 1.82) is 0 Å². The van der Waals surface area contributed by atoms with E-state index >= 15 is 0 Å². The van der Waals surface area contributed by atoms with Gasteiger partial charge in [-0.2, -0.15) is 0 Å². The van der Waals surface area contributed by atoms with Gasteiger partial charge in [-0.1, -0.05) is 13.8 Å². The van der Waals surface area contributed by atoms with E-state index in [0.717, 1.165) is 6.42 Å². The van der Waals surface area contributed by atoms with E-state index in [9.17, 15) is 4.79 Å². The highest BCUT2D eigenvalue weighted by molar-refractivity contribution is 6.37. The number of esters is 1. The van der Waals surface area contributed by atoms with Crippen LogP contribution in [0, 0.1) is 5.92 Å². The molecule has 0 bridgehead atoms. The van der Waals surface area contributed by atoms with Crippen LogP contribution < -0.4 is 0 Å². The largest absolute Gasteiger partial charge is 0.436 e. The lowest BCUT2D eigenvalue weighted by atomic mass is 10.1. The van der Waals surface area contributed by atoms with E-state index in [1.807, 2.05) is 0 Å². The topological polar surface area (TPSA) is 38.7 Å². The molecule has 0 aliphatic carbocycles. The molecule has 0 N–H and O–H groups in total. The molecule has 0 aromatic carbocycles. The van der Waals surface area contributed by atoms with Crippen molar-refractivity contribution < 1.29 is 9.53 Å². The Morgan fingerprint density at radius 2 is 2.27 bits per heavy atom. The maximum absolute atomic E-state index is 11.0. The molecular formula is C8H13NO2. The number of carbonyl (C=O) groups is 1. The fourth-order valence-corrected chi connectivity index (χ4v) is 1.04. The highest BCUT2D eigenvalue weighted by Crippen LogP contribution is 2.11. The van der Waals surface area contributed by atoms with Gasteiger partial charge in [0, 0.05) is 0 Å². The van der Waals surface area contributed by atoms with Crippen molar-refractivity contribution in [2.45, 2.75) is 33.4 Å². The maximum atomic E-state index is 11.0. The summed E-state index contributed by atoms with van der Waals surface area (Å²) >= 11 is 0. The molecule has 0 aromatic heterocycles. The lowest BCUT2D eigenvalue weighted by Gasteiger charge is -1.99. The minimum absolute atomic E-state index is 0.244. The van der Waals surface area contributed by atoms with Gasteiger partial charge in [-0.05, 0) is 19.3 Å². The smallest absolute Gasteiger partial charge is 0.354 e. The van der Waals surface area contributed by atoms with Crippen molar-refractivity contribution >= 4 is 11.7 Å². The van der Waals surface area contributed by atoms with E-state index in [1.165, 1.54) is 0 Å². The van der Waals surface area contributed by atoms with E-state index in [1.54, 1.807) is 6.92 Å². The van der Waals surface area contributed by atoms with Crippen LogP contribution in [0.25, 0.3) is 0 Å². The molecule has 1 aliphatic heterocycles. The summed E-state index contributed by atoms with van der Waals surface area (Å²) in [6, 6.07) is 0. The molecular weight excluding hydrogens is 142 g/mol. The number of nitrogens with zero attached hydrogens (tertiary/aromatic N) is 1. The molecule has 3 heteroatoms. The van der Waals surface area contributed by atoms with Gasteiger partial charge < -0.3 is 4.74 Å². The third kappa shape index (κ3) is 2.03. The van der Waals surface area contributed by atoms with E-state index in [0.29, 0.717) is 11.6 Å². The predicted octanol–water partition coefficient (Wildman–Crippen LogP) is 1.38. The third-order valence-corrected chi connectivity index (χ3v) is 1.45. The van der Waals surface area contributed by atoms with Crippen LogP contribution in [0.2, 0.25) is 0 Å². The number of carbonyl (C=O) groups excluding carboxylic acids is 1. The summed E-state index contributed by atoms with van der Waals surface area (Å²) in [5.41, 5.74) is 0.590. The normalized spacial score (nSPS) is 23.8. The minimum Gasteiger partial charge on any atom is -0.436 e. The Labute approximate surface area is 66.5 Å². The lowest BCUT2D eigenvalue weighted by Crippen LogP contribution is -2.13. The second kappa shape index (κ2) is 3.03. The highest BCUT2D eigenvalue weighted by atomic mass is 16.6. The summed E-state index contributed by atoms with van der Waals surface area (Å²) in [6.07, 6.45) is 0.458. The highest BCUT2D eigenvalue weighted by Gasteiger charge is 2.23. The minimum atomic E-state index is -0.267. The van der Waals surface area contributed by atoms with Crippen LogP contribution >= 0.6 is 0 Å². The third-order valence-electron chi connectivity index (χ3n) is 1.45. The number of ether oxygens (including phenoxy) is 1. The van der Waals surface area contributed by atoms with Gasteiger partial charge >= 0.3 is 5.97 Å². The number of aliphatic imine (C=N–C) groups is 1. The number of rotatable bonds is 2. The summed E-state index contributed by atoms with van der Waals surface area (Å²) in [5, 5.41) is 0. The number of cyclic esters (lactones) is 1. The Morgan fingerprint density at radius 1 is 1.64 bits per heavy atom. The average Bonchev–Trinajstić information content (AvgIpc) is 2.09. The molecule has 1 rings (SSSR count). The summed E-state index contributed by atoms with van der Waals surface area (Å²) in [7, 11) is 0. The van der Waals surface area contributed by atoms with Gasteiger partial charge in [0.05, 0.1) is 0 Å². The first-order valence-corrected chi connectivity index (χ1v) is 3.87. The van der Waals surface area contributed by atoms with Gasteiger partial charge in [-0.3, -0.25) is 0 Å². The molecule has 0 radical (unpaired) electrons. The van der Waals surface area contributed by atoms with Crippen molar-refractivity contribution in [1.82, 2.24) is 0 Å². The SMILES string of the molecule is CC(C)CC1=NC(C)OC1=O. The molecule has 3 nitrogen and oxygen atoms in total. The fourth-order valence-electron chi connectivity index (χ4n) is 1.04. The van der Waals surface area contributed by atoms with Gasteiger partial charge in [0.15, 0.2) is 6.23 Å². The number of hydrogen-bond donors (Lipinski definition) is 0. The fraction of sp³-hybridized carbons (Fsp3) is 0.750. The zero-order chi connectivity index (χ0) is 8.43. The summed E-state index contributed by atoms with van der Waals surface area (Å²) in [6.45, 7) is 5.88. The second-order valence-electron chi connectivity index (χ2n) is 3.18. The van der Waals surface area contributed by atoms with Gasteiger partial charge in [-0.25, -0.2) is 9.79 Å². The van der Waals surface area contributed by atoms with Crippen molar-refractivity contribution in [3.63, 3.8) is 0 Å². The first-order chi connectivity index (χ1) is 5.09. The molecule has 1 atom stereocenters. The van der Waals surface area contributed by atoms with Crippen molar-refractivity contribution in [3.8, 4) is 0 Å². The molecule has 11 heavy (non-hydrogen) atoms. The Kier molecular flexibility index (Phi) is 2.27. The Bertz CT molecular complexity index is 196. The zero-order valence-corrected chi connectivity index (χ0v) is 7.13. The van der Waals surface area contributed by atoms with Gasteiger partial charge in [0.25, 0.3) is 0 Å². The number of hydrogen-bond acceptors (Lipinski definition) is 3. The quantitative estimate of drug-likeness (QED) is 0.565. The molecule has 62 valence electrons. The molecule has 1 aliphatic rings. The van der Waals surface area contributed by atoms with E-state index in [4.69, 9.17) is 4.74 Å². The summed E-state index contributed by atoms with van der Waals surface area (Å²) in [5.74, 6) is 0.220. The molecule has 0 spiro atoms. The molecule has 0 aromatic rings. The first-order valence-electron chi connectivity index (χ1n) is 3.87. The molecule has 0 saturated heterocycles. The average molecular weight is 155 g/mol. The monoisotopic (exact) mass is 155 g/mol. The molecule has 0 saturated carbocycles. The van der Waals surface area contributed by atoms with Crippen molar-refractivity contribution in [2.75, 3.05) is 0 Å². The summed E-state index contributed by atoms with van der Waals surface area (Å²) < 4.78 is 4.83. The van der Waals surface area contributed by atoms with E-state index in [2.05, 4.69) is 18.8 Å². The molecule has 0 fully saturated rings. The molecule has 1 heterocycles. The lowest BCUT2D eigenvalue weighted by molar-refractivity contribution is -0.137. The van der Waals surface area contributed by atoms with Crippen LogP contribution in [0.5, 0.6) is 0 Å². The van der Waals surface area contributed by atoms with Crippen LogP contribution in [0.3, 0.4) is 0 Å². The second-order valence-corrected chi connectivity index (χ2v) is 3.18. The Hall–Kier alpha value is -0.860. The Balaban J connectivity index is 2.57. The van der Waals surface area contributed by atoms with E-state index < -0.39 is 0 Å². The molecule has 0 amide bonds. The van der Waals surface area contributed by atoms with Crippen molar-refractivity contribution in [3.05, 3.63) is 0 Å². The van der Waals surface area contributed by atoms with Crippen LogP contribution in [-0.4, -0.2) is 17.9 Å². The first kappa shape index (κ1) is 8.24. The summed E-state index contributed by atoms with van der Waals surface area (Å²) in [4.78, 5) is 15.0. The zero-order valence-electron chi connectivity index (χ0n) is 7.13. The van der Waals surface area contributed by atoms with Gasteiger partial charge in [0.2, 0.25) is 0 Å².